The summed E-state index contributed by atoms with van der Waals surface area (Å²) in [5.41, 5.74) is 0. The van der Waals surface area contributed by atoms with Gasteiger partial charge in [-0.15, -0.1) is 0 Å². The van der Waals surface area contributed by atoms with Crippen LogP contribution in [0.5, 0.6) is 0 Å². The Labute approximate surface area is 108 Å². The van der Waals surface area contributed by atoms with E-state index in [0.29, 0.717) is 32.8 Å². The lowest BCUT2D eigenvalue weighted by Gasteiger charge is -2.44. The van der Waals surface area contributed by atoms with Gasteiger partial charge in [0.05, 0.1) is 20.0 Å². The Bertz CT molecular complexity index is 298. The Kier molecular flexibility index (Phi) is 5.74. The summed E-state index contributed by atoms with van der Waals surface area (Å²) in [4.78, 5) is 16.8. The number of carbonyl (C=O) groups excluding carboxylic acids is 1. The number of aliphatic hydroxyl groups excluding tert-OH is 2. The van der Waals surface area contributed by atoms with Crippen LogP contribution in [-0.2, 0) is 4.79 Å². The first-order valence-corrected chi connectivity index (χ1v) is 6.28. The summed E-state index contributed by atoms with van der Waals surface area (Å²) in [5.74, 6) is 0.00395. The average molecular weight is 257 g/mol. The number of aliphatic hydroxyl groups is 2. The summed E-state index contributed by atoms with van der Waals surface area (Å²) in [7, 11) is 0. The first-order chi connectivity index (χ1) is 8.53. The van der Waals surface area contributed by atoms with Gasteiger partial charge in [-0.2, -0.15) is 0 Å². The maximum Gasteiger partial charge on any atom is 0.224 e. The molecule has 0 aromatic carbocycles. The molecule has 1 aliphatic heterocycles. The second-order valence-electron chi connectivity index (χ2n) is 4.43. The third-order valence-electron chi connectivity index (χ3n) is 3.09. The summed E-state index contributed by atoms with van der Waals surface area (Å²) in [6.07, 6.45) is 0.970. The Morgan fingerprint density at radius 1 is 1.28 bits per heavy atom. The van der Waals surface area contributed by atoms with Gasteiger partial charge in [0.2, 0.25) is 5.91 Å². The molecular weight excluding hydrogens is 234 g/mol. The zero-order chi connectivity index (χ0) is 13.7. The molecule has 0 aromatic rings. The zero-order valence-electron chi connectivity index (χ0n) is 11.1. The van der Waals surface area contributed by atoms with E-state index in [1.54, 1.807) is 21.6 Å². The van der Waals surface area contributed by atoms with Crippen molar-refractivity contribution in [3.8, 4) is 0 Å². The Morgan fingerprint density at radius 3 is 2.39 bits per heavy atom. The smallest absolute Gasteiger partial charge is 0.224 e. The van der Waals surface area contributed by atoms with E-state index in [4.69, 9.17) is 0 Å². The van der Waals surface area contributed by atoms with Gasteiger partial charge in [0.25, 0.3) is 0 Å². The second-order valence-corrected chi connectivity index (χ2v) is 4.43. The molecule has 0 spiro atoms. The lowest BCUT2D eigenvalue weighted by molar-refractivity contribution is -0.164. The Morgan fingerprint density at radius 2 is 1.89 bits per heavy atom. The number of carbonyl (C=O) groups is 1. The van der Waals surface area contributed by atoms with E-state index in [1.807, 2.05) is 6.92 Å². The highest BCUT2D eigenvalue weighted by Gasteiger charge is 2.30. The minimum Gasteiger partial charge on any atom is -0.378 e. The van der Waals surface area contributed by atoms with Crippen LogP contribution in [0.3, 0.4) is 0 Å². The molecule has 0 aromatic heterocycles. The van der Waals surface area contributed by atoms with Gasteiger partial charge >= 0.3 is 0 Å². The summed E-state index contributed by atoms with van der Waals surface area (Å²) < 4.78 is 0. The van der Waals surface area contributed by atoms with Gasteiger partial charge in [0.15, 0.2) is 0 Å². The molecule has 0 aliphatic carbocycles. The highest BCUT2D eigenvalue weighted by Crippen LogP contribution is 2.14. The molecule has 1 saturated heterocycles. The van der Waals surface area contributed by atoms with Crippen molar-refractivity contribution in [3.63, 3.8) is 0 Å². The minimum atomic E-state index is -0.816. The van der Waals surface area contributed by atoms with E-state index in [0.717, 1.165) is 0 Å². The topological polar surface area (TPSA) is 67.2 Å². The van der Waals surface area contributed by atoms with Crippen molar-refractivity contribution in [1.82, 2.24) is 14.7 Å². The van der Waals surface area contributed by atoms with Crippen molar-refractivity contribution in [3.05, 3.63) is 12.7 Å². The molecule has 1 amide bonds. The van der Waals surface area contributed by atoms with Crippen molar-refractivity contribution in [2.75, 3.05) is 20.0 Å². The largest absolute Gasteiger partial charge is 0.378 e. The van der Waals surface area contributed by atoms with Gasteiger partial charge in [-0.1, -0.05) is 20.4 Å². The fraction of sp³-hybridized carbons (Fsp3) is 0.750. The van der Waals surface area contributed by atoms with Crippen LogP contribution < -0.4 is 0 Å². The highest BCUT2D eigenvalue weighted by atomic mass is 16.3. The summed E-state index contributed by atoms with van der Waals surface area (Å²) in [6, 6.07) is 0. The van der Waals surface area contributed by atoms with Gasteiger partial charge in [0.1, 0.15) is 12.5 Å². The van der Waals surface area contributed by atoms with Crippen molar-refractivity contribution in [2.24, 2.45) is 0 Å². The molecule has 104 valence electrons. The number of hydrogen-bond donors (Lipinski definition) is 2. The SMILES string of the molecule is C=CC(O)N1CN(C(=O)CC)CN(C(O)CC)C1. The van der Waals surface area contributed by atoms with Crippen LogP contribution in [0.15, 0.2) is 12.7 Å². The molecule has 2 N–H and O–H groups in total. The highest BCUT2D eigenvalue weighted by molar-refractivity contribution is 5.75. The van der Waals surface area contributed by atoms with E-state index in [-0.39, 0.29) is 5.91 Å². The van der Waals surface area contributed by atoms with Crippen LogP contribution in [0.25, 0.3) is 0 Å². The first-order valence-electron chi connectivity index (χ1n) is 6.28. The zero-order valence-corrected chi connectivity index (χ0v) is 11.1. The predicted molar refractivity (Wildman–Crippen MR) is 67.9 cm³/mol. The summed E-state index contributed by atoms with van der Waals surface area (Å²) >= 11 is 0. The van der Waals surface area contributed by atoms with E-state index >= 15 is 0 Å². The van der Waals surface area contributed by atoms with Crippen LogP contribution in [0.2, 0.25) is 0 Å². The summed E-state index contributed by atoms with van der Waals surface area (Å²) in [6.45, 7) is 8.37. The monoisotopic (exact) mass is 257 g/mol. The molecule has 2 atom stereocenters. The van der Waals surface area contributed by atoms with Crippen molar-refractivity contribution < 1.29 is 15.0 Å². The molecule has 6 heteroatoms. The molecule has 1 fully saturated rings. The molecule has 1 rings (SSSR count). The molecule has 18 heavy (non-hydrogen) atoms. The Hall–Kier alpha value is -0.950. The molecule has 0 saturated carbocycles. The first kappa shape index (κ1) is 15.1. The van der Waals surface area contributed by atoms with Crippen LogP contribution >= 0.6 is 0 Å². The van der Waals surface area contributed by atoms with Crippen LogP contribution in [0, 0.1) is 0 Å². The maximum atomic E-state index is 11.8. The lowest BCUT2D eigenvalue weighted by atomic mass is 10.3. The minimum absolute atomic E-state index is 0.00395. The molecule has 0 radical (unpaired) electrons. The van der Waals surface area contributed by atoms with Crippen molar-refractivity contribution >= 4 is 5.91 Å². The quantitative estimate of drug-likeness (QED) is 0.676. The molecule has 6 nitrogen and oxygen atoms in total. The number of hydrogen-bond acceptors (Lipinski definition) is 5. The number of nitrogens with zero attached hydrogens (tertiary/aromatic N) is 3. The van der Waals surface area contributed by atoms with E-state index in [2.05, 4.69) is 6.58 Å². The number of rotatable bonds is 5. The Balaban J connectivity index is 2.78. The van der Waals surface area contributed by atoms with Gasteiger partial charge in [-0.25, -0.2) is 9.80 Å². The average Bonchev–Trinajstić information content (AvgIpc) is 2.43. The fourth-order valence-corrected chi connectivity index (χ4v) is 1.95. The molecular formula is C12H23N3O3. The maximum absolute atomic E-state index is 11.8. The van der Waals surface area contributed by atoms with Crippen LogP contribution in [0.4, 0.5) is 0 Å². The third-order valence-corrected chi connectivity index (χ3v) is 3.09. The van der Waals surface area contributed by atoms with Crippen LogP contribution in [0.1, 0.15) is 26.7 Å². The standard InChI is InChI=1S/C12H23N3O3/c1-4-10(16)13-7-14(11(17)5-2)9-15(8-13)12(18)6-3/h4,10-11,16-17H,1,5-9H2,2-3H3. The lowest BCUT2D eigenvalue weighted by Crippen LogP contribution is -2.60. The third kappa shape index (κ3) is 3.52. The van der Waals surface area contributed by atoms with Crippen molar-refractivity contribution in [1.29, 1.82) is 0 Å². The van der Waals surface area contributed by atoms with E-state index in [1.165, 1.54) is 6.08 Å². The summed E-state index contributed by atoms with van der Waals surface area (Å²) in [5, 5.41) is 19.7. The fourth-order valence-electron chi connectivity index (χ4n) is 1.95. The predicted octanol–water partition coefficient (Wildman–Crippen LogP) is -0.0521. The van der Waals surface area contributed by atoms with E-state index in [9.17, 15) is 15.0 Å². The van der Waals surface area contributed by atoms with Gasteiger partial charge in [-0.05, 0) is 12.5 Å². The normalized spacial score (nSPS) is 21.7. The van der Waals surface area contributed by atoms with E-state index < -0.39 is 12.5 Å². The molecule has 1 heterocycles. The van der Waals surface area contributed by atoms with Gasteiger partial charge < -0.3 is 15.1 Å². The number of amides is 1. The van der Waals surface area contributed by atoms with Gasteiger partial charge in [-0.3, -0.25) is 4.79 Å². The van der Waals surface area contributed by atoms with Crippen molar-refractivity contribution in [2.45, 2.75) is 39.1 Å². The second kappa shape index (κ2) is 6.84. The molecule has 2 unspecified atom stereocenters. The molecule has 0 bridgehead atoms. The molecule has 1 aliphatic rings. The van der Waals surface area contributed by atoms with Crippen LogP contribution in [-0.4, -0.2) is 63.3 Å². The van der Waals surface area contributed by atoms with Gasteiger partial charge in [0, 0.05) is 6.42 Å².